The minimum atomic E-state index is -0.816. The fraction of sp³-hybridized carbons (Fsp3) is 0.0556. The van der Waals surface area contributed by atoms with E-state index in [9.17, 15) is 14.4 Å². The number of nitrogens with zero attached hydrogens (tertiary/aromatic N) is 1. The van der Waals surface area contributed by atoms with Gasteiger partial charge in [0.2, 0.25) is 0 Å². The van der Waals surface area contributed by atoms with Gasteiger partial charge < -0.3 is 0 Å². The van der Waals surface area contributed by atoms with Crippen LogP contribution in [0.5, 0.6) is 0 Å². The van der Waals surface area contributed by atoms with E-state index in [2.05, 4.69) is 5.32 Å². The predicted molar refractivity (Wildman–Crippen MR) is 96.6 cm³/mol. The van der Waals surface area contributed by atoms with Crippen molar-refractivity contribution in [2.24, 2.45) is 0 Å². The summed E-state index contributed by atoms with van der Waals surface area (Å²) in [6.45, 7) is 1.69. The van der Waals surface area contributed by atoms with Crippen LogP contribution in [0.4, 0.5) is 10.5 Å². The molecule has 3 rings (SSSR count). The Bertz CT molecular complexity index is 938. The first-order valence-corrected chi connectivity index (χ1v) is 8.06. The van der Waals surface area contributed by atoms with Crippen molar-refractivity contribution >= 4 is 52.8 Å². The van der Waals surface area contributed by atoms with Gasteiger partial charge in [-0.05, 0) is 48.4 Å². The number of benzene rings is 2. The number of imide groups is 2. The quantitative estimate of drug-likeness (QED) is 0.638. The van der Waals surface area contributed by atoms with E-state index >= 15 is 0 Å². The number of rotatable bonds is 2. The number of hydrogen-bond acceptors (Lipinski definition) is 3. The molecule has 0 atom stereocenters. The lowest BCUT2D eigenvalue weighted by Gasteiger charge is -2.27. The summed E-state index contributed by atoms with van der Waals surface area (Å²) in [5, 5.41) is 3.05. The molecule has 0 radical (unpaired) electrons. The Balaban J connectivity index is 2.07. The van der Waals surface area contributed by atoms with Crippen LogP contribution in [-0.4, -0.2) is 17.8 Å². The minimum Gasteiger partial charge on any atom is -0.273 e. The Hall–Kier alpha value is -2.63. The number of nitrogens with one attached hydrogen (secondary N) is 1. The third-order valence-electron chi connectivity index (χ3n) is 3.74. The monoisotopic (exact) mass is 374 g/mol. The van der Waals surface area contributed by atoms with Crippen LogP contribution in [0.25, 0.3) is 6.08 Å². The van der Waals surface area contributed by atoms with Gasteiger partial charge in [-0.1, -0.05) is 41.4 Å². The average Bonchev–Trinajstić information content (AvgIpc) is 2.55. The summed E-state index contributed by atoms with van der Waals surface area (Å²) in [7, 11) is 0. The molecule has 25 heavy (non-hydrogen) atoms. The van der Waals surface area contributed by atoms with Crippen LogP contribution in [-0.2, 0) is 9.59 Å². The van der Waals surface area contributed by atoms with Gasteiger partial charge in [-0.15, -0.1) is 0 Å². The maximum absolute atomic E-state index is 12.8. The van der Waals surface area contributed by atoms with Gasteiger partial charge in [0.05, 0.1) is 5.69 Å². The zero-order chi connectivity index (χ0) is 18.1. The summed E-state index contributed by atoms with van der Waals surface area (Å²) in [5.41, 5.74) is 1.29. The number of amides is 4. The first-order chi connectivity index (χ1) is 11.9. The third kappa shape index (κ3) is 3.29. The van der Waals surface area contributed by atoms with E-state index in [-0.39, 0.29) is 5.57 Å². The third-order valence-corrected chi connectivity index (χ3v) is 4.39. The van der Waals surface area contributed by atoms with Crippen LogP contribution in [0.2, 0.25) is 10.0 Å². The van der Waals surface area contributed by atoms with Crippen LogP contribution in [0.1, 0.15) is 11.1 Å². The molecule has 0 spiro atoms. The van der Waals surface area contributed by atoms with E-state index < -0.39 is 17.8 Å². The van der Waals surface area contributed by atoms with Crippen molar-refractivity contribution in [1.29, 1.82) is 0 Å². The van der Waals surface area contributed by atoms with Gasteiger partial charge in [0.15, 0.2) is 0 Å². The second-order valence-electron chi connectivity index (χ2n) is 5.40. The predicted octanol–water partition coefficient (Wildman–Crippen LogP) is 3.97. The lowest BCUT2D eigenvalue weighted by Crippen LogP contribution is -2.54. The van der Waals surface area contributed by atoms with E-state index in [1.807, 2.05) is 0 Å². The van der Waals surface area contributed by atoms with Gasteiger partial charge in [-0.25, -0.2) is 9.69 Å². The Kier molecular flexibility index (Phi) is 4.61. The fourth-order valence-electron chi connectivity index (χ4n) is 2.48. The molecule has 7 heteroatoms. The summed E-state index contributed by atoms with van der Waals surface area (Å²) in [4.78, 5) is 38.0. The Morgan fingerprint density at radius 3 is 2.48 bits per heavy atom. The maximum atomic E-state index is 12.8. The summed E-state index contributed by atoms with van der Waals surface area (Å²) in [6.07, 6.45) is 1.39. The Labute approximate surface area is 153 Å². The average molecular weight is 375 g/mol. The molecule has 2 aromatic carbocycles. The maximum Gasteiger partial charge on any atom is 0.335 e. The number of hydrogen-bond donors (Lipinski definition) is 1. The standard InChI is InChI=1S/C18H12Cl2N2O3/c1-10-14(20)6-3-7-15(10)22-17(24)13(16(23)21-18(22)25)9-11-4-2-5-12(19)8-11/h2-9H,1H3,(H,21,23,25)/b13-9+. The largest absolute Gasteiger partial charge is 0.335 e. The van der Waals surface area contributed by atoms with Gasteiger partial charge in [0.25, 0.3) is 11.8 Å². The molecule has 0 aliphatic carbocycles. The van der Waals surface area contributed by atoms with Gasteiger partial charge >= 0.3 is 6.03 Å². The van der Waals surface area contributed by atoms with Crippen molar-refractivity contribution in [2.75, 3.05) is 4.90 Å². The highest BCUT2D eigenvalue weighted by atomic mass is 35.5. The van der Waals surface area contributed by atoms with E-state index in [1.54, 1.807) is 49.4 Å². The summed E-state index contributed by atoms with van der Waals surface area (Å²) in [6, 6.07) is 10.7. The lowest BCUT2D eigenvalue weighted by molar-refractivity contribution is -0.122. The van der Waals surface area contributed by atoms with Crippen LogP contribution in [0.3, 0.4) is 0 Å². The Morgan fingerprint density at radius 2 is 1.76 bits per heavy atom. The summed E-state index contributed by atoms with van der Waals surface area (Å²) in [5.74, 6) is -1.48. The molecule has 4 amide bonds. The number of barbiturate groups is 1. The molecule has 2 aromatic rings. The molecular weight excluding hydrogens is 363 g/mol. The van der Waals surface area contributed by atoms with Crippen LogP contribution in [0.15, 0.2) is 48.0 Å². The molecule has 1 N–H and O–H groups in total. The highest BCUT2D eigenvalue weighted by Gasteiger charge is 2.37. The van der Waals surface area contributed by atoms with Gasteiger partial charge in [-0.2, -0.15) is 0 Å². The number of carbonyl (C=O) groups excluding carboxylic acids is 3. The molecular formula is C18H12Cl2N2O3. The van der Waals surface area contributed by atoms with Crippen molar-refractivity contribution in [2.45, 2.75) is 6.92 Å². The SMILES string of the molecule is Cc1c(Cl)cccc1N1C(=O)NC(=O)/C(=C\c2cccc(Cl)c2)C1=O. The summed E-state index contributed by atoms with van der Waals surface area (Å²) < 4.78 is 0. The highest BCUT2D eigenvalue weighted by molar-refractivity contribution is 6.40. The molecule has 1 saturated heterocycles. The Morgan fingerprint density at radius 1 is 1.04 bits per heavy atom. The first kappa shape index (κ1) is 17.2. The van der Waals surface area contributed by atoms with Gasteiger partial charge in [0.1, 0.15) is 5.57 Å². The number of carbonyl (C=O) groups is 3. The van der Waals surface area contributed by atoms with Crippen molar-refractivity contribution in [1.82, 2.24) is 5.32 Å². The van der Waals surface area contributed by atoms with Crippen LogP contribution < -0.4 is 10.2 Å². The second kappa shape index (κ2) is 6.70. The molecule has 1 aliphatic heterocycles. The highest BCUT2D eigenvalue weighted by Crippen LogP contribution is 2.29. The molecule has 1 fully saturated rings. The second-order valence-corrected chi connectivity index (χ2v) is 6.24. The molecule has 0 saturated carbocycles. The molecule has 5 nitrogen and oxygen atoms in total. The van der Waals surface area contributed by atoms with E-state index in [0.29, 0.717) is 26.9 Å². The molecule has 0 aromatic heterocycles. The van der Waals surface area contributed by atoms with E-state index in [1.165, 1.54) is 6.08 Å². The van der Waals surface area contributed by atoms with Crippen molar-refractivity contribution < 1.29 is 14.4 Å². The zero-order valence-corrected chi connectivity index (χ0v) is 14.6. The van der Waals surface area contributed by atoms with Crippen molar-refractivity contribution in [3.8, 4) is 0 Å². The minimum absolute atomic E-state index is 0.166. The normalized spacial score (nSPS) is 16.4. The molecule has 0 bridgehead atoms. The molecule has 1 aliphatic rings. The van der Waals surface area contributed by atoms with E-state index in [0.717, 1.165) is 4.90 Å². The topological polar surface area (TPSA) is 66.5 Å². The molecule has 126 valence electrons. The van der Waals surface area contributed by atoms with Crippen LogP contribution >= 0.6 is 23.2 Å². The van der Waals surface area contributed by atoms with Crippen LogP contribution in [0, 0.1) is 6.92 Å². The fourth-order valence-corrected chi connectivity index (χ4v) is 2.85. The van der Waals surface area contributed by atoms with E-state index in [4.69, 9.17) is 23.2 Å². The molecule has 0 unspecified atom stereocenters. The lowest BCUT2D eigenvalue weighted by atomic mass is 10.1. The van der Waals surface area contributed by atoms with Crippen molar-refractivity contribution in [3.63, 3.8) is 0 Å². The molecule has 1 heterocycles. The van der Waals surface area contributed by atoms with Gasteiger partial charge in [-0.3, -0.25) is 14.9 Å². The smallest absolute Gasteiger partial charge is 0.273 e. The number of halogens is 2. The number of anilines is 1. The number of urea groups is 1. The first-order valence-electron chi connectivity index (χ1n) is 7.30. The van der Waals surface area contributed by atoms with Gasteiger partial charge in [0, 0.05) is 10.0 Å². The zero-order valence-electron chi connectivity index (χ0n) is 13.0. The summed E-state index contributed by atoms with van der Waals surface area (Å²) >= 11 is 12.0. The van der Waals surface area contributed by atoms with Crippen molar-refractivity contribution in [3.05, 3.63) is 69.2 Å².